The van der Waals surface area contributed by atoms with Crippen LogP contribution < -0.4 is 0 Å². The molecule has 2 aromatic rings. The highest BCUT2D eigenvalue weighted by Gasteiger charge is 2.32. The summed E-state index contributed by atoms with van der Waals surface area (Å²) in [6.45, 7) is 4.28. The molecule has 0 spiro atoms. The van der Waals surface area contributed by atoms with Gasteiger partial charge in [0, 0.05) is 12.0 Å². The maximum absolute atomic E-state index is 10.0. The summed E-state index contributed by atoms with van der Waals surface area (Å²) in [5.41, 5.74) is 4.48. The van der Waals surface area contributed by atoms with Gasteiger partial charge < -0.3 is 10.0 Å². The van der Waals surface area contributed by atoms with Gasteiger partial charge in [-0.3, -0.25) is 0 Å². The largest absolute Gasteiger partial charge is 0.506 e. The number of benzene rings is 2. The zero-order valence-electron chi connectivity index (χ0n) is 12.9. The third kappa shape index (κ3) is 2.53. The van der Waals surface area contributed by atoms with Gasteiger partial charge >= 0.3 is 0 Å². The number of hydrogen-bond acceptors (Lipinski definition) is 2. The number of halogens is 1. The third-order valence-corrected chi connectivity index (χ3v) is 4.83. The Bertz CT molecular complexity index is 709. The minimum absolute atomic E-state index is 0.137. The summed E-state index contributed by atoms with van der Waals surface area (Å²) in [5, 5.41) is 10.4. The smallest absolute Gasteiger partial charge is 0.134 e. The van der Waals surface area contributed by atoms with Crippen molar-refractivity contribution in [3.05, 3.63) is 70.8 Å². The van der Waals surface area contributed by atoms with Gasteiger partial charge in [-0.05, 0) is 54.9 Å². The lowest BCUT2D eigenvalue weighted by Gasteiger charge is -2.37. The first-order valence-electron chi connectivity index (χ1n) is 7.42. The SMILES string of the molecule is C=C1c2cc(Cl)c(O)cc2C(c2ccccc2)CC1N(C)C. The second-order valence-electron chi connectivity index (χ2n) is 6.09. The Morgan fingerprint density at radius 2 is 1.86 bits per heavy atom. The fourth-order valence-electron chi connectivity index (χ4n) is 3.34. The minimum atomic E-state index is 0.137. The second kappa shape index (κ2) is 5.79. The molecule has 0 saturated carbocycles. The van der Waals surface area contributed by atoms with E-state index in [0.717, 1.165) is 23.1 Å². The van der Waals surface area contributed by atoms with Gasteiger partial charge in [-0.1, -0.05) is 48.5 Å². The van der Waals surface area contributed by atoms with Crippen LogP contribution in [-0.4, -0.2) is 30.1 Å². The lowest BCUT2D eigenvalue weighted by molar-refractivity contribution is 0.322. The van der Waals surface area contributed by atoms with Gasteiger partial charge in [0.25, 0.3) is 0 Å². The van der Waals surface area contributed by atoms with Crippen molar-refractivity contribution in [2.24, 2.45) is 0 Å². The van der Waals surface area contributed by atoms with Crippen LogP contribution in [0.4, 0.5) is 0 Å². The van der Waals surface area contributed by atoms with E-state index >= 15 is 0 Å². The molecule has 0 aromatic heterocycles. The molecule has 1 aliphatic rings. The van der Waals surface area contributed by atoms with E-state index in [2.05, 4.69) is 49.8 Å². The molecule has 2 unspecified atom stereocenters. The number of fused-ring (bicyclic) bond motifs is 1. The molecule has 1 N–H and O–H groups in total. The highest BCUT2D eigenvalue weighted by Crippen LogP contribution is 2.45. The topological polar surface area (TPSA) is 23.5 Å². The lowest BCUT2D eigenvalue weighted by Crippen LogP contribution is -2.34. The van der Waals surface area contributed by atoms with Crippen molar-refractivity contribution in [1.82, 2.24) is 4.90 Å². The number of aromatic hydroxyl groups is 1. The molecule has 1 aliphatic carbocycles. The van der Waals surface area contributed by atoms with E-state index < -0.39 is 0 Å². The van der Waals surface area contributed by atoms with Crippen molar-refractivity contribution in [3.8, 4) is 5.75 Å². The number of hydrogen-bond donors (Lipinski definition) is 1. The highest BCUT2D eigenvalue weighted by molar-refractivity contribution is 6.32. The molecule has 0 heterocycles. The summed E-state index contributed by atoms with van der Waals surface area (Å²) in [4.78, 5) is 2.20. The van der Waals surface area contributed by atoms with E-state index in [1.165, 1.54) is 5.56 Å². The second-order valence-corrected chi connectivity index (χ2v) is 6.50. The average molecular weight is 314 g/mol. The Hall–Kier alpha value is -1.77. The lowest BCUT2D eigenvalue weighted by atomic mass is 9.74. The van der Waals surface area contributed by atoms with Crippen molar-refractivity contribution in [1.29, 1.82) is 0 Å². The molecule has 0 radical (unpaired) electrons. The molecule has 22 heavy (non-hydrogen) atoms. The number of phenolic OH excluding ortho intramolecular Hbond substituents is 1. The normalized spacial score (nSPS) is 21.0. The van der Waals surface area contributed by atoms with Crippen LogP contribution in [0.2, 0.25) is 5.02 Å². The molecule has 2 atom stereocenters. The Labute approximate surface area is 136 Å². The first kappa shape index (κ1) is 15.1. The molecule has 114 valence electrons. The number of phenols is 1. The predicted molar refractivity (Wildman–Crippen MR) is 92.5 cm³/mol. The van der Waals surface area contributed by atoms with Gasteiger partial charge in [0.1, 0.15) is 5.75 Å². The molecule has 2 nitrogen and oxygen atoms in total. The maximum atomic E-state index is 10.0. The Balaban J connectivity index is 2.18. The van der Waals surface area contributed by atoms with Gasteiger partial charge in [0.05, 0.1) is 5.02 Å². The number of rotatable bonds is 2. The Kier molecular flexibility index (Phi) is 3.98. The van der Waals surface area contributed by atoms with Gasteiger partial charge in [-0.25, -0.2) is 0 Å². The summed E-state index contributed by atoms with van der Waals surface area (Å²) < 4.78 is 0. The fourth-order valence-corrected chi connectivity index (χ4v) is 3.50. The van der Waals surface area contributed by atoms with Crippen LogP contribution >= 0.6 is 11.6 Å². The van der Waals surface area contributed by atoms with Crippen molar-refractivity contribution in [3.63, 3.8) is 0 Å². The van der Waals surface area contributed by atoms with E-state index in [0.29, 0.717) is 5.02 Å². The molecular formula is C19H20ClNO. The summed E-state index contributed by atoms with van der Waals surface area (Å²) in [6.07, 6.45) is 0.948. The van der Waals surface area contributed by atoms with Crippen LogP contribution in [-0.2, 0) is 0 Å². The molecule has 0 saturated heterocycles. The van der Waals surface area contributed by atoms with Crippen LogP contribution in [0.1, 0.15) is 29.0 Å². The summed E-state index contributed by atoms with van der Waals surface area (Å²) >= 11 is 6.13. The molecular weight excluding hydrogens is 294 g/mol. The van der Waals surface area contributed by atoms with Crippen molar-refractivity contribution in [2.45, 2.75) is 18.4 Å². The Morgan fingerprint density at radius 1 is 1.18 bits per heavy atom. The molecule has 0 aliphatic heterocycles. The first-order valence-corrected chi connectivity index (χ1v) is 7.79. The van der Waals surface area contributed by atoms with E-state index in [1.807, 2.05) is 12.1 Å². The molecule has 3 heteroatoms. The number of likely N-dealkylation sites (N-methyl/N-ethyl adjacent to an activating group) is 1. The molecule has 3 rings (SSSR count). The average Bonchev–Trinajstić information content (AvgIpc) is 2.50. The van der Waals surface area contributed by atoms with Crippen molar-refractivity contribution >= 4 is 17.2 Å². The van der Waals surface area contributed by atoms with Crippen LogP contribution in [0, 0.1) is 0 Å². The van der Waals surface area contributed by atoms with Crippen LogP contribution in [0.25, 0.3) is 5.57 Å². The summed E-state index contributed by atoms with van der Waals surface area (Å²) in [7, 11) is 4.15. The van der Waals surface area contributed by atoms with Crippen molar-refractivity contribution in [2.75, 3.05) is 14.1 Å². The van der Waals surface area contributed by atoms with Gasteiger partial charge in [-0.15, -0.1) is 0 Å². The van der Waals surface area contributed by atoms with Gasteiger partial charge in [0.15, 0.2) is 0 Å². The van der Waals surface area contributed by atoms with Crippen LogP contribution in [0.15, 0.2) is 49.0 Å². The van der Waals surface area contributed by atoms with E-state index in [4.69, 9.17) is 11.6 Å². The molecule has 0 amide bonds. The predicted octanol–water partition coefficient (Wildman–Crippen LogP) is 4.52. The van der Waals surface area contributed by atoms with Crippen molar-refractivity contribution < 1.29 is 5.11 Å². The molecule has 2 aromatic carbocycles. The molecule has 0 fully saturated rings. The zero-order chi connectivity index (χ0) is 15.9. The van der Waals surface area contributed by atoms with E-state index in [1.54, 1.807) is 6.07 Å². The van der Waals surface area contributed by atoms with Crippen LogP contribution in [0.3, 0.4) is 0 Å². The summed E-state index contributed by atoms with van der Waals surface area (Å²) in [5.74, 6) is 0.370. The molecule has 0 bridgehead atoms. The van der Waals surface area contributed by atoms with E-state index in [9.17, 15) is 5.11 Å². The maximum Gasteiger partial charge on any atom is 0.134 e. The fraction of sp³-hybridized carbons (Fsp3) is 0.263. The first-order chi connectivity index (χ1) is 10.5. The summed E-state index contributed by atoms with van der Waals surface area (Å²) in [6, 6.07) is 14.3. The Morgan fingerprint density at radius 3 is 2.50 bits per heavy atom. The zero-order valence-corrected chi connectivity index (χ0v) is 13.6. The van der Waals surface area contributed by atoms with E-state index in [-0.39, 0.29) is 17.7 Å². The quantitative estimate of drug-likeness (QED) is 0.881. The highest BCUT2D eigenvalue weighted by atomic mass is 35.5. The monoisotopic (exact) mass is 313 g/mol. The van der Waals surface area contributed by atoms with Gasteiger partial charge in [-0.2, -0.15) is 0 Å². The van der Waals surface area contributed by atoms with Crippen LogP contribution in [0.5, 0.6) is 5.75 Å². The van der Waals surface area contributed by atoms with Gasteiger partial charge in [0.2, 0.25) is 0 Å². The standard InChI is InChI=1S/C19H20ClNO/c1-12-14-9-17(20)19(22)11-16(14)15(10-18(12)21(2)3)13-7-5-4-6-8-13/h4-9,11,15,18,22H,1,10H2,2-3H3. The minimum Gasteiger partial charge on any atom is -0.506 e. The number of nitrogens with zero attached hydrogens (tertiary/aromatic N) is 1. The third-order valence-electron chi connectivity index (χ3n) is 4.53.